The van der Waals surface area contributed by atoms with Gasteiger partial charge in [0.2, 0.25) is 5.13 Å². The lowest BCUT2D eigenvalue weighted by Gasteiger charge is -2.35. The van der Waals surface area contributed by atoms with E-state index in [1.165, 1.54) is 0 Å². The summed E-state index contributed by atoms with van der Waals surface area (Å²) in [7, 11) is 0. The fraction of sp³-hybridized carbons (Fsp3) is 0.750. The SMILES string of the molecule is Cc1nnc(N2CCCC(C(C)CC(=O)O)C2)s1. The van der Waals surface area contributed by atoms with Gasteiger partial charge in [0.25, 0.3) is 0 Å². The second-order valence-corrected chi connectivity index (χ2v) is 6.19. The van der Waals surface area contributed by atoms with Crippen LogP contribution in [-0.4, -0.2) is 34.4 Å². The lowest BCUT2D eigenvalue weighted by atomic mass is 9.85. The number of hydrogen-bond acceptors (Lipinski definition) is 5. The summed E-state index contributed by atoms with van der Waals surface area (Å²) in [6.07, 6.45) is 2.48. The molecule has 5 nitrogen and oxygen atoms in total. The molecule has 1 aliphatic rings. The van der Waals surface area contributed by atoms with Crippen LogP contribution in [-0.2, 0) is 4.79 Å². The lowest BCUT2D eigenvalue weighted by molar-refractivity contribution is -0.138. The molecule has 2 atom stereocenters. The van der Waals surface area contributed by atoms with Crippen molar-refractivity contribution in [2.45, 2.75) is 33.1 Å². The number of aliphatic carboxylic acids is 1. The van der Waals surface area contributed by atoms with Crippen LogP contribution >= 0.6 is 11.3 Å². The summed E-state index contributed by atoms with van der Waals surface area (Å²) in [5.74, 6) is -0.0373. The Morgan fingerprint density at radius 2 is 2.39 bits per heavy atom. The van der Waals surface area contributed by atoms with Gasteiger partial charge < -0.3 is 10.0 Å². The van der Waals surface area contributed by atoms with Crippen molar-refractivity contribution in [3.05, 3.63) is 5.01 Å². The molecule has 1 aliphatic heterocycles. The molecule has 6 heteroatoms. The Labute approximate surface area is 111 Å². The topological polar surface area (TPSA) is 66.3 Å². The van der Waals surface area contributed by atoms with Gasteiger partial charge in [-0.1, -0.05) is 18.3 Å². The van der Waals surface area contributed by atoms with Crippen LogP contribution in [0.25, 0.3) is 0 Å². The molecular weight excluding hydrogens is 250 g/mol. The molecule has 2 heterocycles. The molecule has 0 saturated carbocycles. The van der Waals surface area contributed by atoms with E-state index in [1.54, 1.807) is 11.3 Å². The van der Waals surface area contributed by atoms with E-state index >= 15 is 0 Å². The summed E-state index contributed by atoms with van der Waals surface area (Å²) in [4.78, 5) is 13.0. The van der Waals surface area contributed by atoms with E-state index in [-0.39, 0.29) is 12.3 Å². The Hall–Kier alpha value is -1.17. The molecule has 0 aliphatic carbocycles. The minimum absolute atomic E-state index is 0.222. The third-order valence-corrected chi connectivity index (χ3v) is 4.44. The van der Waals surface area contributed by atoms with E-state index in [1.807, 2.05) is 13.8 Å². The van der Waals surface area contributed by atoms with E-state index in [2.05, 4.69) is 15.1 Å². The van der Waals surface area contributed by atoms with E-state index in [9.17, 15) is 4.79 Å². The van der Waals surface area contributed by atoms with Crippen LogP contribution in [0, 0.1) is 18.8 Å². The average Bonchev–Trinajstić information content (AvgIpc) is 2.75. The summed E-state index contributed by atoms with van der Waals surface area (Å²) < 4.78 is 0. The third kappa shape index (κ3) is 3.19. The maximum absolute atomic E-state index is 10.8. The van der Waals surface area contributed by atoms with Crippen molar-refractivity contribution < 1.29 is 9.90 Å². The van der Waals surface area contributed by atoms with Crippen LogP contribution < -0.4 is 4.90 Å². The summed E-state index contributed by atoms with van der Waals surface area (Å²) in [5, 5.41) is 19.0. The first-order valence-electron chi connectivity index (χ1n) is 6.33. The standard InChI is InChI=1S/C12H19N3O2S/c1-8(6-11(16)17)10-4-3-5-15(7-10)12-14-13-9(2)18-12/h8,10H,3-7H2,1-2H3,(H,16,17). The van der Waals surface area contributed by atoms with Crippen molar-refractivity contribution in [2.75, 3.05) is 18.0 Å². The Bertz CT molecular complexity index is 421. The molecule has 1 aromatic heterocycles. The smallest absolute Gasteiger partial charge is 0.303 e. The van der Waals surface area contributed by atoms with E-state index < -0.39 is 5.97 Å². The first kappa shape index (κ1) is 13.3. The van der Waals surface area contributed by atoms with Crippen molar-refractivity contribution in [3.63, 3.8) is 0 Å². The molecule has 0 spiro atoms. The van der Waals surface area contributed by atoms with Crippen LogP contribution in [0.4, 0.5) is 5.13 Å². The minimum atomic E-state index is -0.702. The van der Waals surface area contributed by atoms with Gasteiger partial charge in [-0.05, 0) is 31.6 Å². The largest absolute Gasteiger partial charge is 0.481 e. The first-order valence-corrected chi connectivity index (χ1v) is 7.14. The number of anilines is 1. The zero-order chi connectivity index (χ0) is 13.1. The molecule has 0 radical (unpaired) electrons. The number of aryl methyl sites for hydroxylation is 1. The van der Waals surface area contributed by atoms with Gasteiger partial charge in [0.15, 0.2) is 0 Å². The van der Waals surface area contributed by atoms with Gasteiger partial charge in [0, 0.05) is 19.5 Å². The summed E-state index contributed by atoms with van der Waals surface area (Å²) in [6.45, 7) is 5.90. The van der Waals surface area contributed by atoms with Crippen LogP contribution in [0.3, 0.4) is 0 Å². The highest BCUT2D eigenvalue weighted by molar-refractivity contribution is 7.15. The Morgan fingerprint density at radius 3 is 3.00 bits per heavy atom. The Balaban J connectivity index is 1.98. The predicted molar refractivity (Wildman–Crippen MR) is 71.0 cm³/mol. The molecule has 18 heavy (non-hydrogen) atoms. The number of nitrogens with zero attached hydrogens (tertiary/aromatic N) is 3. The van der Waals surface area contributed by atoms with Gasteiger partial charge in [0.05, 0.1) is 0 Å². The lowest BCUT2D eigenvalue weighted by Crippen LogP contribution is -2.38. The zero-order valence-electron chi connectivity index (χ0n) is 10.8. The number of carboxylic acid groups (broad SMARTS) is 1. The molecular formula is C12H19N3O2S. The number of rotatable bonds is 4. The summed E-state index contributed by atoms with van der Waals surface area (Å²) in [5.41, 5.74) is 0. The highest BCUT2D eigenvalue weighted by Gasteiger charge is 2.27. The molecule has 2 unspecified atom stereocenters. The van der Waals surface area contributed by atoms with Crippen molar-refractivity contribution in [1.82, 2.24) is 10.2 Å². The fourth-order valence-electron chi connectivity index (χ4n) is 2.50. The maximum atomic E-state index is 10.8. The summed E-state index contributed by atoms with van der Waals surface area (Å²) in [6, 6.07) is 0. The highest BCUT2D eigenvalue weighted by atomic mass is 32.1. The van der Waals surface area contributed by atoms with Gasteiger partial charge in [-0.15, -0.1) is 10.2 Å². The molecule has 0 bridgehead atoms. The number of carboxylic acids is 1. The molecule has 0 aromatic carbocycles. The number of carbonyl (C=O) groups is 1. The minimum Gasteiger partial charge on any atom is -0.481 e. The van der Waals surface area contributed by atoms with Gasteiger partial charge in [-0.25, -0.2) is 0 Å². The Morgan fingerprint density at radius 1 is 1.61 bits per heavy atom. The molecule has 1 saturated heterocycles. The molecule has 100 valence electrons. The fourth-order valence-corrected chi connectivity index (χ4v) is 3.23. The number of aromatic nitrogens is 2. The van der Waals surface area contributed by atoms with Gasteiger partial charge in [0.1, 0.15) is 5.01 Å². The van der Waals surface area contributed by atoms with E-state index in [0.29, 0.717) is 5.92 Å². The quantitative estimate of drug-likeness (QED) is 0.907. The van der Waals surface area contributed by atoms with Crippen LogP contribution in [0.15, 0.2) is 0 Å². The molecule has 2 rings (SSSR count). The third-order valence-electron chi connectivity index (χ3n) is 3.55. The maximum Gasteiger partial charge on any atom is 0.303 e. The van der Waals surface area contributed by atoms with Crippen LogP contribution in [0.2, 0.25) is 0 Å². The first-order chi connectivity index (χ1) is 8.56. The monoisotopic (exact) mass is 269 g/mol. The zero-order valence-corrected chi connectivity index (χ0v) is 11.6. The molecule has 1 aromatic rings. The van der Waals surface area contributed by atoms with Crippen molar-refractivity contribution in [2.24, 2.45) is 11.8 Å². The van der Waals surface area contributed by atoms with Gasteiger partial charge >= 0.3 is 5.97 Å². The van der Waals surface area contributed by atoms with Crippen LogP contribution in [0.1, 0.15) is 31.2 Å². The van der Waals surface area contributed by atoms with Crippen molar-refractivity contribution >= 4 is 22.4 Å². The highest BCUT2D eigenvalue weighted by Crippen LogP contribution is 2.30. The second kappa shape index (κ2) is 5.65. The van der Waals surface area contributed by atoms with E-state index in [4.69, 9.17) is 5.11 Å². The molecule has 0 amide bonds. The average molecular weight is 269 g/mol. The van der Waals surface area contributed by atoms with Crippen LogP contribution in [0.5, 0.6) is 0 Å². The number of piperidine rings is 1. The molecule has 1 fully saturated rings. The number of hydrogen-bond donors (Lipinski definition) is 1. The van der Waals surface area contributed by atoms with E-state index in [0.717, 1.165) is 36.1 Å². The molecule has 1 N–H and O–H groups in total. The predicted octanol–water partition coefficient (Wildman–Crippen LogP) is 2.17. The van der Waals surface area contributed by atoms with Crippen molar-refractivity contribution in [1.29, 1.82) is 0 Å². The van der Waals surface area contributed by atoms with Crippen molar-refractivity contribution in [3.8, 4) is 0 Å². The summed E-state index contributed by atoms with van der Waals surface area (Å²) >= 11 is 1.61. The normalized spacial score (nSPS) is 21.9. The Kier molecular flexibility index (Phi) is 4.16. The van der Waals surface area contributed by atoms with Gasteiger partial charge in [-0.2, -0.15) is 0 Å². The second-order valence-electron chi connectivity index (χ2n) is 5.03. The van der Waals surface area contributed by atoms with Gasteiger partial charge in [-0.3, -0.25) is 4.79 Å².